The topological polar surface area (TPSA) is 78.9 Å². The third-order valence-corrected chi connectivity index (χ3v) is 5.45. The van der Waals surface area contributed by atoms with Gasteiger partial charge in [0.05, 0.1) is 11.5 Å². The van der Waals surface area contributed by atoms with Gasteiger partial charge in [0.1, 0.15) is 6.29 Å². The van der Waals surface area contributed by atoms with Gasteiger partial charge < -0.3 is 9.90 Å². The second-order valence-electron chi connectivity index (χ2n) is 6.98. The number of hydrogen-bond donors (Lipinski definition) is 2. The maximum absolute atomic E-state index is 9.86. The highest BCUT2D eigenvalue weighted by Crippen LogP contribution is 2.27. The molecule has 2 aliphatic rings. The van der Waals surface area contributed by atoms with Crippen molar-refractivity contribution in [2.75, 3.05) is 20.1 Å². The number of carbonyl (C=O) groups excluding carboxylic acids is 1. The van der Waals surface area contributed by atoms with E-state index in [0.717, 1.165) is 41.1 Å². The van der Waals surface area contributed by atoms with Crippen LogP contribution in [0.25, 0.3) is 0 Å². The van der Waals surface area contributed by atoms with Crippen LogP contribution in [-0.2, 0) is 4.79 Å². The molecule has 5 nitrogen and oxygen atoms in total. The largest absolute Gasteiger partial charge is 0.512 e. The van der Waals surface area contributed by atoms with E-state index in [9.17, 15) is 9.90 Å². The number of benzene rings is 1. The zero-order chi connectivity index (χ0) is 25.6. The molecular weight excluding hydrogens is 442 g/mol. The van der Waals surface area contributed by atoms with Gasteiger partial charge in [0, 0.05) is 49.0 Å². The second-order valence-corrected chi connectivity index (χ2v) is 7.93. The molecule has 1 saturated heterocycles. The molecule has 186 valence electrons. The van der Waals surface area contributed by atoms with Gasteiger partial charge in [-0.15, -0.1) is 6.58 Å². The van der Waals surface area contributed by atoms with E-state index in [1.807, 2.05) is 62.2 Å². The number of carbonyl (C=O) groups is 1. The monoisotopic (exact) mass is 483 g/mol. The second kappa shape index (κ2) is 20.9. The third-order valence-electron chi connectivity index (χ3n) is 4.43. The molecule has 3 N–H and O–H groups in total. The van der Waals surface area contributed by atoms with Gasteiger partial charge in [-0.2, -0.15) is 0 Å². The smallest absolute Gasteiger partial charge is 0.123 e. The summed E-state index contributed by atoms with van der Waals surface area (Å²) in [6.45, 7) is 11.5. The maximum atomic E-state index is 9.86. The minimum atomic E-state index is 0.356. The van der Waals surface area contributed by atoms with Crippen molar-refractivity contribution in [1.82, 2.24) is 5.01 Å². The molecule has 1 aromatic rings. The van der Waals surface area contributed by atoms with Crippen LogP contribution in [0.1, 0.15) is 52.0 Å². The summed E-state index contributed by atoms with van der Waals surface area (Å²) < 4.78 is 0. The van der Waals surface area contributed by atoms with Crippen LogP contribution in [0, 0.1) is 0 Å². The fourth-order valence-corrected chi connectivity index (χ4v) is 3.65. The quantitative estimate of drug-likeness (QED) is 0.153. The summed E-state index contributed by atoms with van der Waals surface area (Å²) in [5.41, 5.74) is 2.90. The lowest BCUT2D eigenvalue weighted by molar-refractivity contribution is -0.107. The Morgan fingerprint density at radius 3 is 2.44 bits per heavy atom. The van der Waals surface area contributed by atoms with Crippen molar-refractivity contribution in [3.8, 4) is 0 Å². The first-order chi connectivity index (χ1) is 16.6. The Labute approximate surface area is 210 Å². The lowest BCUT2D eigenvalue weighted by Crippen LogP contribution is -2.26. The first kappa shape index (κ1) is 31.3. The van der Waals surface area contributed by atoms with Crippen LogP contribution in [0.15, 0.2) is 93.9 Å². The van der Waals surface area contributed by atoms with Crippen LogP contribution in [0.3, 0.4) is 0 Å². The summed E-state index contributed by atoms with van der Waals surface area (Å²) in [5, 5.41) is 13.8. The highest BCUT2D eigenvalue weighted by molar-refractivity contribution is 8.02. The standard InChI is InChI=1S/C18H19NOS.C4H10N2.C4H6O.C2H6/c1-3-12-21-17-11-7-6-10-16(17)18(19-2)14-8-4-5-9-15(20)13-14;5-6-3-1-2-4-6;1-2-3-4-5;1-2/h3-8,10-13,20H,9H2,1-2H3;1-5H2;2,4H,1,3H2;1-2H3/b12-3+,19-18?;;;. The molecule has 6 heteroatoms. The van der Waals surface area contributed by atoms with Crippen molar-refractivity contribution < 1.29 is 9.90 Å². The number of hydrazine groups is 1. The van der Waals surface area contributed by atoms with Crippen LogP contribution < -0.4 is 5.84 Å². The average Bonchev–Trinajstić information content (AvgIpc) is 3.24. The van der Waals surface area contributed by atoms with Crippen LogP contribution in [0.5, 0.6) is 0 Å². The number of hydrogen-bond acceptors (Lipinski definition) is 6. The molecule has 0 saturated carbocycles. The Balaban J connectivity index is 0.000000685. The molecule has 1 aliphatic carbocycles. The van der Waals surface area contributed by atoms with Gasteiger partial charge in [-0.25, -0.2) is 5.01 Å². The molecule has 1 aliphatic heterocycles. The van der Waals surface area contributed by atoms with E-state index in [0.29, 0.717) is 18.6 Å². The molecule has 1 aromatic carbocycles. The number of aliphatic hydroxyl groups excluding tert-OH is 1. The van der Waals surface area contributed by atoms with Gasteiger partial charge >= 0.3 is 0 Å². The average molecular weight is 484 g/mol. The van der Waals surface area contributed by atoms with Gasteiger partial charge in [0.15, 0.2) is 0 Å². The predicted molar refractivity (Wildman–Crippen MR) is 149 cm³/mol. The minimum absolute atomic E-state index is 0.356. The minimum Gasteiger partial charge on any atom is -0.512 e. The Kier molecular flexibility index (Phi) is 19.3. The van der Waals surface area contributed by atoms with Gasteiger partial charge in [0.25, 0.3) is 0 Å². The normalized spacial score (nSPS) is 15.4. The molecule has 0 unspecified atom stereocenters. The number of rotatable bonds is 6. The van der Waals surface area contributed by atoms with E-state index in [1.165, 1.54) is 12.8 Å². The zero-order valence-corrected chi connectivity index (χ0v) is 21.9. The van der Waals surface area contributed by atoms with Gasteiger partial charge in [-0.1, -0.05) is 74.2 Å². The summed E-state index contributed by atoms with van der Waals surface area (Å²) in [6.07, 6.45) is 15.7. The first-order valence-electron chi connectivity index (χ1n) is 11.7. The Morgan fingerprint density at radius 1 is 1.26 bits per heavy atom. The summed E-state index contributed by atoms with van der Waals surface area (Å²) in [5.74, 6) is 5.72. The van der Waals surface area contributed by atoms with Crippen LogP contribution in [-0.4, -0.2) is 42.3 Å². The molecule has 0 amide bonds. The highest BCUT2D eigenvalue weighted by Gasteiger charge is 2.13. The lowest BCUT2D eigenvalue weighted by Gasteiger charge is -2.11. The fraction of sp³-hybridized carbons (Fsp3) is 0.357. The van der Waals surface area contributed by atoms with E-state index in [4.69, 9.17) is 5.84 Å². The van der Waals surface area contributed by atoms with Gasteiger partial charge in [-0.3, -0.25) is 10.8 Å². The van der Waals surface area contributed by atoms with E-state index in [-0.39, 0.29) is 0 Å². The van der Waals surface area contributed by atoms with Crippen molar-refractivity contribution in [2.45, 2.75) is 51.3 Å². The number of thioether (sulfide) groups is 1. The van der Waals surface area contributed by atoms with Gasteiger partial charge in [-0.05, 0) is 37.3 Å². The van der Waals surface area contributed by atoms with Crippen molar-refractivity contribution in [1.29, 1.82) is 0 Å². The number of nitrogens with two attached hydrogens (primary N) is 1. The Morgan fingerprint density at radius 2 is 1.94 bits per heavy atom. The fourth-order valence-electron chi connectivity index (χ4n) is 2.92. The molecule has 1 heterocycles. The van der Waals surface area contributed by atoms with Crippen molar-refractivity contribution in [2.24, 2.45) is 10.8 Å². The van der Waals surface area contributed by atoms with E-state index in [2.05, 4.69) is 29.1 Å². The summed E-state index contributed by atoms with van der Waals surface area (Å²) in [7, 11) is 1.78. The van der Waals surface area contributed by atoms with Gasteiger partial charge in [0.2, 0.25) is 0 Å². The number of aldehydes is 1. The predicted octanol–water partition coefficient (Wildman–Crippen LogP) is 6.80. The maximum Gasteiger partial charge on any atom is 0.123 e. The SMILES string of the molecule is C/C=C/Sc1ccccc1C(=NC)C1=CC=CCC(O)=C1.C=CCC=O.CC.NN1CCCC1. The van der Waals surface area contributed by atoms with Crippen LogP contribution in [0.2, 0.25) is 0 Å². The van der Waals surface area contributed by atoms with E-state index >= 15 is 0 Å². The molecule has 3 rings (SSSR count). The molecular formula is C28H41N3O2S. The molecule has 1 fully saturated rings. The van der Waals surface area contributed by atoms with E-state index in [1.54, 1.807) is 31.0 Å². The zero-order valence-electron chi connectivity index (χ0n) is 21.1. The van der Waals surface area contributed by atoms with Crippen LogP contribution >= 0.6 is 11.8 Å². The van der Waals surface area contributed by atoms with Crippen molar-refractivity contribution >= 4 is 23.8 Å². The highest BCUT2D eigenvalue weighted by atomic mass is 32.2. The first-order valence-corrected chi connectivity index (χ1v) is 12.6. The van der Waals surface area contributed by atoms with E-state index < -0.39 is 0 Å². The molecule has 0 aromatic heterocycles. The summed E-state index contributed by atoms with van der Waals surface area (Å²) in [6, 6.07) is 8.19. The number of aliphatic hydroxyl groups is 1. The summed E-state index contributed by atoms with van der Waals surface area (Å²) in [4.78, 5) is 14.9. The summed E-state index contributed by atoms with van der Waals surface area (Å²) >= 11 is 1.67. The lowest BCUT2D eigenvalue weighted by atomic mass is 10.0. The molecule has 0 spiro atoms. The molecule has 0 atom stereocenters. The number of nitrogens with zero attached hydrogens (tertiary/aromatic N) is 2. The molecule has 0 bridgehead atoms. The van der Waals surface area contributed by atoms with Crippen LogP contribution in [0.4, 0.5) is 0 Å². The van der Waals surface area contributed by atoms with Crippen molar-refractivity contribution in [3.05, 3.63) is 89.6 Å². The Hall–Kier alpha value is -2.67. The number of allylic oxidation sites excluding steroid dienone is 7. The molecule has 0 radical (unpaired) electrons. The number of aliphatic imine (C=N–C) groups is 1. The molecule has 34 heavy (non-hydrogen) atoms. The third kappa shape index (κ3) is 13.1. The van der Waals surface area contributed by atoms with Crippen molar-refractivity contribution in [3.63, 3.8) is 0 Å². The Bertz CT molecular complexity index is 858.